The Morgan fingerprint density at radius 2 is 2.22 bits per heavy atom. The molecule has 1 N–H and O–H groups in total. The van der Waals surface area contributed by atoms with Crippen molar-refractivity contribution in [3.05, 3.63) is 28.5 Å². The van der Waals surface area contributed by atoms with Crippen LogP contribution < -0.4 is 5.32 Å². The third kappa shape index (κ3) is 4.27. The van der Waals surface area contributed by atoms with Crippen LogP contribution in [0.15, 0.2) is 12.3 Å². The van der Waals surface area contributed by atoms with Crippen LogP contribution in [0.1, 0.15) is 29.9 Å². The molecule has 0 aliphatic rings. The fraction of sp³-hybridized carbons (Fsp3) is 0.538. The largest absolute Gasteiger partial charge is 0.351 e. The molecule has 1 rings (SSSR count). The van der Waals surface area contributed by atoms with Gasteiger partial charge in [-0.25, -0.2) is 0 Å². The molecule has 1 aromatic heterocycles. The van der Waals surface area contributed by atoms with Gasteiger partial charge in [-0.15, -0.1) is 0 Å². The molecule has 0 fully saturated rings. The second-order valence-electron chi connectivity index (χ2n) is 4.64. The predicted octanol–water partition coefficient (Wildman–Crippen LogP) is 2.11. The molecule has 0 aliphatic heterocycles. The molecule has 4 nitrogen and oxygen atoms in total. The van der Waals surface area contributed by atoms with E-state index in [1.807, 2.05) is 14.0 Å². The Kier molecular flexibility index (Phi) is 5.56. The molecule has 0 unspecified atom stereocenters. The van der Waals surface area contributed by atoms with Crippen molar-refractivity contribution in [2.24, 2.45) is 0 Å². The van der Waals surface area contributed by atoms with Crippen LogP contribution in [0.5, 0.6) is 0 Å². The van der Waals surface area contributed by atoms with E-state index < -0.39 is 0 Å². The molecule has 0 aliphatic carbocycles. The molecule has 18 heavy (non-hydrogen) atoms. The van der Waals surface area contributed by atoms with E-state index in [1.54, 1.807) is 6.07 Å². The van der Waals surface area contributed by atoms with Gasteiger partial charge in [0.2, 0.25) is 0 Å². The Morgan fingerprint density at radius 3 is 2.78 bits per heavy atom. The van der Waals surface area contributed by atoms with Crippen LogP contribution in [0.4, 0.5) is 0 Å². The highest BCUT2D eigenvalue weighted by molar-refractivity contribution is 6.33. The van der Waals surface area contributed by atoms with E-state index >= 15 is 0 Å². The number of aryl methyl sites for hydroxylation is 1. The number of hydrogen-bond acceptors (Lipinski definition) is 3. The molecule has 0 radical (unpaired) electrons. The maximum atomic E-state index is 11.9. The number of likely N-dealkylation sites (N-methyl/N-ethyl adjacent to an activating group) is 1. The number of carbonyl (C=O) groups excluding carboxylic acids is 1. The number of rotatable bonds is 5. The molecule has 5 heteroatoms. The van der Waals surface area contributed by atoms with Gasteiger partial charge in [-0.05, 0) is 33.9 Å². The van der Waals surface area contributed by atoms with Crippen LogP contribution in [0.25, 0.3) is 0 Å². The Bertz CT molecular complexity index is 421. The number of aromatic nitrogens is 1. The number of amides is 1. The quantitative estimate of drug-likeness (QED) is 0.891. The molecule has 1 aromatic rings. The molecule has 0 saturated heterocycles. The first kappa shape index (κ1) is 14.9. The first-order valence-electron chi connectivity index (χ1n) is 6.02. The van der Waals surface area contributed by atoms with E-state index in [1.165, 1.54) is 6.20 Å². The summed E-state index contributed by atoms with van der Waals surface area (Å²) in [5, 5.41) is 3.28. The summed E-state index contributed by atoms with van der Waals surface area (Å²) in [5.41, 5.74) is 1.23. The second kappa shape index (κ2) is 6.71. The lowest BCUT2D eigenvalue weighted by Crippen LogP contribution is -2.36. The molecule has 0 bridgehead atoms. The lowest BCUT2D eigenvalue weighted by molar-refractivity contribution is 0.0948. The Labute approximate surface area is 113 Å². The summed E-state index contributed by atoms with van der Waals surface area (Å²) in [4.78, 5) is 18.1. The minimum absolute atomic E-state index is 0.176. The van der Waals surface area contributed by atoms with Crippen molar-refractivity contribution in [2.75, 3.05) is 20.1 Å². The second-order valence-corrected chi connectivity index (χ2v) is 5.04. The third-order valence-corrected chi connectivity index (χ3v) is 3.18. The van der Waals surface area contributed by atoms with Gasteiger partial charge in [0.1, 0.15) is 0 Å². The summed E-state index contributed by atoms with van der Waals surface area (Å²) in [5.74, 6) is -0.176. The highest BCUT2D eigenvalue weighted by Gasteiger charge is 2.11. The standard InChI is InChI=1S/C13H20ClN3O/c1-9(2)17(4)6-5-15-13(18)11-8-16-10(3)7-12(11)14/h7-9H,5-6H2,1-4H3,(H,15,18). The smallest absolute Gasteiger partial charge is 0.254 e. The summed E-state index contributed by atoms with van der Waals surface area (Å²) >= 11 is 6.01. The van der Waals surface area contributed by atoms with Crippen LogP contribution in [-0.4, -0.2) is 42.0 Å². The number of nitrogens with one attached hydrogen (secondary N) is 1. The third-order valence-electron chi connectivity index (χ3n) is 2.87. The monoisotopic (exact) mass is 269 g/mol. The first-order valence-corrected chi connectivity index (χ1v) is 6.40. The summed E-state index contributed by atoms with van der Waals surface area (Å²) in [6.07, 6.45) is 1.51. The lowest BCUT2D eigenvalue weighted by atomic mass is 10.2. The van der Waals surface area contributed by atoms with Crippen LogP contribution >= 0.6 is 11.6 Å². The predicted molar refractivity (Wildman–Crippen MR) is 74.1 cm³/mol. The lowest BCUT2D eigenvalue weighted by Gasteiger charge is -2.20. The zero-order chi connectivity index (χ0) is 13.7. The van der Waals surface area contributed by atoms with Crippen molar-refractivity contribution in [2.45, 2.75) is 26.8 Å². The van der Waals surface area contributed by atoms with Gasteiger partial charge in [0, 0.05) is 31.0 Å². The van der Waals surface area contributed by atoms with E-state index in [0.29, 0.717) is 23.2 Å². The average Bonchev–Trinajstić information content (AvgIpc) is 2.28. The number of hydrogen-bond donors (Lipinski definition) is 1. The molecule has 0 spiro atoms. The normalized spacial score (nSPS) is 11.1. The van der Waals surface area contributed by atoms with Gasteiger partial charge in [0.25, 0.3) is 5.91 Å². The Hall–Kier alpha value is -1.13. The zero-order valence-corrected chi connectivity index (χ0v) is 12.1. The number of halogens is 1. The van der Waals surface area contributed by atoms with Crippen molar-refractivity contribution in [1.82, 2.24) is 15.2 Å². The molecule has 0 saturated carbocycles. The molecule has 1 amide bonds. The Morgan fingerprint density at radius 1 is 1.56 bits per heavy atom. The van der Waals surface area contributed by atoms with E-state index in [2.05, 4.69) is 29.0 Å². The highest BCUT2D eigenvalue weighted by atomic mass is 35.5. The van der Waals surface area contributed by atoms with E-state index in [4.69, 9.17) is 11.6 Å². The van der Waals surface area contributed by atoms with Crippen molar-refractivity contribution in [1.29, 1.82) is 0 Å². The van der Waals surface area contributed by atoms with Crippen molar-refractivity contribution in [3.63, 3.8) is 0 Å². The van der Waals surface area contributed by atoms with E-state index in [0.717, 1.165) is 12.2 Å². The van der Waals surface area contributed by atoms with E-state index in [-0.39, 0.29) is 5.91 Å². The van der Waals surface area contributed by atoms with Crippen molar-refractivity contribution in [3.8, 4) is 0 Å². The summed E-state index contributed by atoms with van der Waals surface area (Å²) < 4.78 is 0. The maximum Gasteiger partial charge on any atom is 0.254 e. The minimum atomic E-state index is -0.176. The van der Waals surface area contributed by atoms with Gasteiger partial charge in [-0.2, -0.15) is 0 Å². The summed E-state index contributed by atoms with van der Waals surface area (Å²) in [6.45, 7) is 7.47. The Balaban J connectivity index is 2.51. The molecule has 100 valence electrons. The van der Waals surface area contributed by atoms with Crippen LogP contribution in [0.2, 0.25) is 5.02 Å². The van der Waals surface area contributed by atoms with Crippen molar-refractivity contribution < 1.29 is 4.79 Å². The average molecular weight is 270 g/mol. The molecule has 0 aromatic carbocycles. The van der Waals surface area contributed by atoms with Crippen molar-refractivity contribution >= 4 is 17.5 Å². The SMILES string of the molecule is Cc1cc(Cl)c(C(=O)NCCN(C)C(C)C)cn1. The van der Waals surface area contributed by atoms with E-state index in [9.17, 15) is 4.79 Å². The van der Waals surface area contributed by atoms with Crippen LogP contribution in [0, 0.1) is 6.92 Å². The van der Waals surface area contributed by atoms with Gasteiger partial charge >= 0.3 is 0 Å². The summed E-state index contributed by atoms with van der Waals surface area (Å²) in [6, 6.07) is 2.16. The number of nitrogens with zero attached hydrogens (tertiary/aromatic N) is 2. The van der Waals surface area contributed by atoms with Crippen LogP contribution in [0.3, 0.4) is 0 Å². The molecular formula is C13H20ClN3O. The van der Waals surface area contributed by atoms with Gasteiger partial charge in [-0.1, -0.05) is 11.6 Å². The maximum absolute atomic E-state index is 11.9. The molecule has 1 heterocycles. The summed E-state index contributed by atoms with van der Waals surface area (Å²) in [7, 11) is 2.03. The number of carbonyl (C=O) groups is 1. The first-order chi connectivity index (χ1) is 8.41. The molecule has 0 atom stereocenters. The topological polar surface area (TPSA) is 45.2 Å². The van der Waals surface area contributed by atoms with Gasteiger partial charge in [-0.3, -0.25) is 9.78 Å². The minimum Gasteiger partial charge on any atom is -0.351 e. The zero-order valence-electron chi connectivity index (χ0n) is 11.3. The fourth-order valence-electron chi connectivity index (χ4n) is 1.39. The van der Waals surface area contributed by atoms with Gasteiger partial charge in [0.15, 0.2) is 0 Å². The molecular weight excluding hydrogens is 250 g/mol. The number of pyridine rings is 1. The highest BCUT2D eigenvalue weighted by Crippen LogP contribution is 2.15. The van der Waals surface area contributed by atoms with Crippen LogP contribution in [-0.2, 0) is 0 Å². The fourth-order valence-corrected chi connectivity index (χ4v) is 1.69. The van der Waals surface area contributed by atoms with Gasteiger partial charge in [0.05, 0.1) is 10.6 Å². The van der Waals surface area contributed by atoms with Gasteiger partial charge < -0.3 is 10.2 Å².